The lowest BCUT2D eigenvalue weighted by Crippen LogP contribution is -2.04. The third kappa shape index (κ3) is 2.63. The molecule has 0 spiro atoms. The number of benzene rings is 4. The summed E-state index contributed by atoms with van der Waals surface area (Å²) in [7, 11) is -4.75. The summed E-state index contributed by atoms with van der Waals surface area (Å²) in [6.07, 6.45) is 0. The van der Waals surface area contributed by atoms with Gasteiger partial charge in [0.25, 0.3) is 0 Å². The molecule has 0 fully saturated rings. The minimum atomic E-state index is -4.75. The van der Waals surface area contributed by atoms with E-state index in [9.17, 15) is 13.0 Å². The van der Waals surface area contributed by atoms with E-state index in [1.165, 1.54) is 0 Å². The van der Waals surface area contributed by atoms with E-state index < -0.39 is 10.4 Å². The quantitative estimate of drug-likeness (QED) is 0.244. The van der Waals surface area contributed by atoms with Crippen molar-refractivity contribution < 1.29 is 17.2 Å². The zero-order valence-corrected chi connectivity index (χ0v) is 13.4. The van der Waals surface area contributed by atoms with Crippen LogP contribution in [-0.4, -0.2) is 13.0 Å². The molecule has 4 aromatic carbocycles. The first-order valence-corrected chi connectivity index (χ1v) is 8.78. The van der Waals surface area contributed by atoms with Gasteiger partial charge in [-0.05, 0) is 43.9 Å². The number of hydrogen-bond donors (Lipinski definition) is 0. The molecule has 0 radical (unpaired) electrons. The molecule has 120 valence electrons. The van der Waals surface area contributed by atoms with Crippen LogP contribution in [0, 0.1) is 0 Å². The van der Waals surface area contributed by atoms with E-state index >= 15 is 0 Å². The van der Waals surface area contributed by atoms with Crippen LogP contribution in [0.2, 0.25) is 0 Å². The molecule has 0 aliphatic rings. The summed E-state index contributed by atoms with van der Waals surface area (Å²) < 4.78 is 37.3. The Hall–Kier alpha value is -2.47. The van der Waals surface area contributed by atoms with Crippen LogP contribution in [0.3, 0.4) is 0 Å². The molecular weight excluding hydrogens is 324 g/mol. The third-order valence-electron chi connectivity index (χ3n) is 4.23. The Bertz CT molecular complexity index is 1180. The molecule has 0 bridgehead atoms. The molecule has 4 nitrogen and oxygen atoms in total. The molecule has 0 heterocycles. The molecule has 0 atom stereocenters. The van der Waals surface area contributed by atoms with E-state index in [4.69, 9.17) is 0 Å². The molecular formula is C19H13O4S-. The normalized spacial score (nSPS) is 12.2. The molecule has 0 aromatic heterocycles. The summed E-state index contributed by atoms with van der Waals surface area (Å²) in [4.78, 5) is 0. The van der Waals surface area contributed by atoms with Gasteiger partial charge in [0.05, 0.1) is 6.61 Å². The molecule has 0 aliphatic carbocycles. The van der Waals surface area contributed by atoms with E-state index in [0.717, 1.165) is 32.3 Å². The second kappa shape index (κ2) is 5.56. The second-order valence-corrected chi connectivity index (χ2v) is 6.68. The zero-order chi connectivity index (χ0) is 16.7. The zero-order valence-electron chi connectivity index (χ0n) is 12.6. The minimum Gasteiger partial charge on any atom is -0.726 e. The van der Waals surface area contributed by atoms with Crippen molar-refractivity contribution >= 4 is 42.7 Å². The van der Waals surface area contributed by atoms with Gasteiger partial charge in [-0.15, -0.1) is 0 Å². The van der Waals surface area contributed by atoms with Gasteiger partial charge in [-0.3, -0.25) is 4.18 Å². The molecule has 0 saturated carbocycles. The molecule has 0 saturated heterocycles. The van der Waals surface area contributed by atoms with Crippen molar-refractivity contribution in [2.75, 3.05) is 0 Å². The van der Waals surface area contributed by atoms with Gasteiger partial charge in [-0.2, -0.15) is 0 Å². The van der Waals surface area contributed by atoms with E-state index in [0.29, 0.717) is 5.56 Å². The van der Waals surface area contributed by atoms with Gasteiger partial charge in [-0.25, -0.2) is 8.42 Å². The lowest BCUT2D eigenvalue weighted by molar-refractivity contribution is 0.254. The maximum Gasteiger partial charge on any atom is 0.217 e. The van der Waals surface area contributed by atoms with Crippen molar-refractivity contribution in [3.8, 4) is 0 Å². The second-order valence-electron chi connectivity index (χ2n) is 5.63. The van der Waals surface area contributed by atoms with Gasteiger partial charge in [0, 0.05) is 0 Å². The average Bonchev–Trinajstić information content (AvgIpc) is 2.57. The molecule has 0 unspecified atom stereocenters. The van der Waals surface area contributed by atoms with Crippen LogP contribution in [0.5, 0.6) is 0 Å². The summed E-state index contributed by atoms with van der Waals surface area (Å²) >= 11 is 0. The first-order valence-electron chi connectivity index (χ1n) is 7.45. The smallest absolute Gasteiger partial charge is 0.217 e. The van der Waals surface area contributed by atoms with E-state index in [2.05, 4.69) is 10.2 Å². The number of hydrogen-bond acceptors (Lipinski definition) is 4. The van der Waals surface area contributed by atoms with Crippen molar-refractivity contribution in [1.82, 2.24) is 0 Å². The molecule has 0 aliphatic heterocycles. The predicted molar refractivity (Wildman–Crippen MR) is 93.4 cm³/mol. The Labute approximate surface area is 139 Å². The highest BCUT2D eigenvalue weighted by molar-refractivity contribution is 7.80. The molecule has 4 rings (SSSR count). The Morgan fingerprint density at radius 3 is 2.17 bits per heavy atom. The van der Waals surface area contributed by atoms with E-state index in [1.807, 2.05) is 60.7 Å². The SMILES string of the molecule is O=S(=O)([O-])OCc1c2ccccc2cc2c1ccc1ccccc12. The molecule has 0 amide bonds. The van der Waals surface area contributed by atoms with Gasteiger partial charge < -0.3 is 4.55 Å². The fraction of sp³-hybridized carbons (Fsp3) is 0.0526. The van der Waals surface area contributed by atoms with Crippen molar-refractivity contribution in [1.29, 1.82) is 0 Å². The molecule has 5 heteroatoms. The van der Waals surface area contributed by atoms with Crippen molar-refractivity contribution in [2.45, 2.75) is 6.61 Å². The van der Waals surface area contributed by atoms with Gasteiger partial charge in [0.2, 0.25) is 10.4 Å². The highest BCUT2D eigenvalue weighted by atomic mass is 32.3. The Balaban J connectivity index is 2.10. The minimum absolute atomic E-state index is 0.276. The monoisotopic (exact) mass is 337 g/mol. The highest BCUT2D eigenvalue weighted by Crippen LogP contribution is 2.33. The first-order chi connectivity index (χ1) is 11.5. The van der Waals surface area contributed by atoms with Gasteiger partial charge in [0.15, 0.2) is 0 Å². The third-order valence-corrected chi connectivity index (χ3v) is 4.64. The molecule has 24 heavy (non-hydrogen) atoms. The Kier molecular flexibility index (Phi) is 3.49. The standard InChI is InChI=1S/C19H14O4S/c20-24(21,22)23-12-19-16-8-4-2-6-14(16)11-18-15-7-3-1-5-13(15)9-10-17(18)19/h1-11H,12H2,(H,20,21,22)/p-1. The lowest BCUT2D eigenvalue weighted by Gasteiger charge is -2.14. The van der Waals surface area contributed by atoms with Crippen LogP contribution in [0.15, 0.2) is 66.7 Å². The van der Waals surface area contributed by atoms with Gasteiger partial charge in [0.1, 0.15) is 0 Å². The van der Waals surface area contributed by atoms with Crippen molar-refractivity contribution in [2.24, 2.45) is 0 Å². The fourth-order valence-corrected chi connectivity index (χ4v) is 3.46. The maximum absolute atomic E-state index is 10.9. The van der Waals surface area contributed by atoms with Crippen molar-refractivity contribution in [3.63, 3.8) is 0 Å². The summed E-state index contributed by atoms with van der Waals surface area (Å²) in [6.45, 7) is -0.276. The molecule has 0 N–H and O–H groups in total. The van der Waals surface area contributed by atoms with Crippen LogP contribution in [0.4, 0.5) is 0 Å². The van der Waals surface area contributed by atoms with E-state index in [1.54, 1.807) is 0 Å². The summed E-state index contributed by atoms with van der Waals surface area (Å²) in [5.74, 6) is 0. The van der Waals surface area contributed by atoms with Crippen LogP contribution >= 0.6 is 0 Å². The lowest BCUT2D eigenvalue weighted by atomic mass is 9.94. The summed E-state index contributed by atoms with van der Waals surface area (Å²) in [5, 5.41) is 5.92. The van der Waals surface area contributed by atoms with Crippen LogP contribution in [0.25, 0.3) is 32.3 Å². The average molecular weight is 337 g/mol. The van der Waals surface area contributed by atoms with Gasteiger partial charge in [-0.1, -0.05) is 60.7 Å². The summed E-state index contributed by atoms with van der Waals surface area (Å²) in [5.41, 5.74) is 0.702. The van der Waals surface area contributed by atoms with Crippen molar-refractivity contribution in [3.05, 3.63) is 72.3 Å². The Morgan fingerprint density at radius 1 is 0.750 bits per heavy atom. The maximum atomic E-state index is 10.9. The van der Waals surface area contributed by atoms with E-state index in [-0.39, 0.29) is 6.61 Å². The topological polar surface area (TPSA) is 66.4 Å². The van der Waals surface area contributed by atoms with Gasteiger partial charge >= 0.3 is 0 Å². The van der Waals surface area contributed by atoms with Crippen LogP contribution in [0.1, 0.15) is 5.56 Å². The number of rotatable bonds is 3. The first kappa shape index (κ1) is 15.1. The fourth-order valence-electron chi connectivity index (χ4n) is 3.20. The summed E-state index contributed by atoms with van der Waals surface area (Å²) in [6, 6.07) is 21.7. The molecule has 4 aromatic rings. The Morgan fingerprint density at radius 2 is 1.42 bits per heavy atom. The largest absolute Gasteiger partial charge is 0.726 e. The van der Waals surface area contributed by atoms with Crippen LogP contribution in [-0.2, 0) is 21.2 Å². The predicted octanol–water partition coefficient (Wildman–Crippen LogP) is 4.12. The number of fused-ring (bicyclic) bond motifs is 4. The van der Waals surface area contributed by atoms with Crippen LogP contribution < -0.4 is 0 Å². The highest BCUT2D eigenvalue weighted by Gasteiger charge is 2.11.